The number of primary sulfonamides is 1. The van der Waals surface area contributed by atoms with Crippen LogP contribution in [0.2, 0.25) is 0 Å². The summed E-state index contributed by atoms with van der Waals surface area (Å²) < 4.78 is 24.8. The molecule has 2 aliphatic carbocycles. The number of hydrogen-bond donors (Lipinski definition) is 4. The monoisotopic (exact) mass is 590 g/mol. The summed E-state index contributed by atoms with van der Waals surface area (Å²) in [6.07, 6.45) is -0.492. The summed E-state index contributed by atoms with van der Waals surface area (Å²) in [5.41, 5.74) is 1.89. The number of carbonyl (C=O) groups is 1. The highest BCUT2D eigenvalue weighted by molar-refractivity contribution is 7.99. The molecular weight excluding hydrogens is 556 g/mol. The van der Waals surface area contributed by atoms with Gasteiger partial charge in [0.1, 0.15) is 6.10 Å². The van der Waals surface area contributed by atoms with Gasteiger partial charge in [-0.25, -0.2) is 28.2 Å². The molecule has 15 heteroatoms. The van der Waals surface area contributed by atoms with Gasteiger partial charge in [0, 0.05) is 31.3 Å². The van der Waals surface area contributed by atoms with Crippen molar-refractivity contribution < 1.29 is 23.4 Å². The number of rotatable bonds is 10. The number of anilines is 1. The zero-order chi connectivity index (χ0) is 28.8. The first-order valence-electron chi connectivity index (χ1n) is 13.3. The van der Waals surface area contributed by atoms with E-state index < -0.39 is 34.2 Å². The Morgan fingerprint density at radius 1 is 1.18 bits per heavy atom. The molecule has 2 heterocycles. The molecule has 2 fully saturated rings. The fourth-order valence-electron chi connectivity index (χ4n) is 5.37. The lowest BCUT2D eigenvalue weighted by molar-refractivity contribution is -0.128. The molecule has 2 aromatic heterocycles. The lowest BCUT2D eigenvalue weighted by Crippen LogP contribution is -2.38. The van der Waals surface area contributed by atoms with Crippen molar-refractivity contribution in [3.05, 3.63) is 29.8 Å². The van der Waals surface area contributed by atoms with Crippen LogP contribution in [0.1, 0.15) is 50.6 Å². The maximum absolute atomic E-state index is 12.5. The fourth-order valence-corrected chi connectivity index (χ4v) is 6.57. The minimum atomic E-state index is -3.76. The molecule has 0 bridgehead atoms. The van der Waals surface area contributed by atoms with E-state index in [0.717, 1.165) is 24.2 Å². The van der Waals surface area contributed by atoms with Gasteiger partial charge in [-0.3, -0.25) is 4.79 Å². The number of amides is 1. The molecule has 40 heavy (non-hydrogen) atoms. The van der Waals surface area contributed by atoms with E-state index in [1.54, 1.807) is 19.1 Å². The van der Waals surface area contributed by atoms with Gasteiger partial charge >= 0.3 is 0 Å². The number of nitrogens with one attached hydrogen (secondary N) is 1. The quantitative estimate of drug-likeness (QED) is 0.193. The Morgan fingerprint density at radius 2 is 1.90 bits per heavy atom. The average molecular weight is 591 g/mol. The van der Waals surface area contributed by atoms with Crippen molar-refractivity contribution >= 4 is 44.7 Å². The van der Waals surface area contributed by atoms with Gasteiger partial charge in [0.25, 0.3) is 0 Å². The van der Waals surface area contributed by atoms with E-state index in [-0.39, 0.29) is 29.2 Å². The molecule has 0 saturated heterocycles. The summed E-state index contributed by atoms with van der Waals surface area (Å²) in [6, 6.07) is 6.01. The van der Waals surface area contributed by atoms with Crippen LogP contribution in [-0.4, -0.2) is 87.1 Å². The third kappa shape index (κ3) is 5.40. The molecule has 6 unspecified atom stereocenters. The summed E-state index contributed by atoms with van der Waals surface area (Å²) in [5.74, 6) is 0.479. The predicted molar refractivity (Wildman–Crippen MR) is 149 cm³/mol. The molecule has 0 aliphatic heterocycles. The van der Waals surface area contributed by atoms with Gasteiger partial charge in [-0.05, 0) is 43.9 Å². The lowest BCUT2D eigenvalue weighted by atomic mass is 10.0. The molecule has 0 radical (unpaired) electrons. The molecule has 1 amide bonds. The van der Waals surface area contributed by atoms with Gasteiger partial charge in [0.15, 0.2) is 22.1 Å². The van der Waals surface area contributed by atoms with Gasteiger partial charge in [-0.15, -0.1) is 5.10 Å². The molecule has 13 nitrogen and oxygen atoms in total. The molecule has 2 aliphatic rings. The third-order valence-corrected chi connectivity index (χ3v) is 9.58. The van der Waals surface area contributed by atoms with Gasteiger partial charge < -0.3 is 20.4 Å². The summed E-state index contributed by atoms with van der Waals surface area (Å²) >= 11 is 1.51. The van der Waals surface area contributed by atoms with Crippen LogP contribution in [0.4, 0.5) is 5.82 Å². The minimum Gasteiger partial charge on any atom is -0.390 e. The number of aliphatic hydroxyl groups is 2. The number of nitrogens with zero attached hydrogens (tertiary/aromatic N) is 6. The molecule has 3 aromatic rings. The largest absolute Gasteiger partial charge is 0.390 e. The summed E-state index contributed by atoms with van der Waals surface area (Å²) in [5, 5.41) is 38.7. The van der Waals surface area contributed by atoms with Crippen LogP contribution in [0.3, 0.4) is 0 Å². The Morgan fingerprint density at radius 3 is 2.55 bits per heavy atom. The van der Waals surface area contributed by atoms with Crippen molar-refractivity contribution in [3.63, 3.8) is 0 Å². The average Bonchev–Trinajstić information content (AvgIpc) is 3.54. The Hall–Kier alpha value is -2.85. The molecule has 2 saturated carbocycles. The highest BCUT2D eigenvalue weighted by Gasteiger charge is 2.47. The zero-order valence-electron chi connectivity index (χ0n) is 22.5. The van der Waals surface area contributed by atoms with Gasteiger partial charge in [0.2, 0.25) is 15.9 Å². The standard InChI is InChI=1S/C25H34N8O5S2/c1-4-10-39-25-28-22(32(3)17-11-15(17)13-6-8-14(9-7-13)40(26,37)38)19-23(29-25)33(31-30-19)18-12-16(20(34)21(18)35)24(36)27-5-2/h6-9,15-18,20-21,34-35H,4-5,10-12H2,1-3H3,(H,27,36)(H2,26,37,38). The van der Waals surface area contributed by atoms with Crippen molar-refractivity contribution in [2.75, 3.05) is 24.2 Å². The molecule has 5 rings (SSSR count). The van der Waals surface area contributed by atoms with Crippen molar-refractivity contribution in [3.8, 4) is 0 Å². The maximum atomic E-state index is 12.5. The molecule has 5 N–H and O–H groups in total. The maximum Gasteiger partial charge on any atom is 0.238 e. The van der Waals surface area contributed by atoms with Crippen LogP contribution in [0.15, 0.2) is 34.3 Å². The second kappa shape index (κ2) is 11.2. The smallest absolute Gasteiger partial charge is 0.238 e. The lowest BCUT2D eigenvalue weighted by Gasteiger charge is -2.20. The second-order valence-corrected chi connectivity index (χ2v) is 12.9. The summed E-state index contributed by atoms with van der Waals surface area (Å²) in [6.45, 7) is 4.29. The molecule has 0 spiro atoms. The molecular formula is C25H34N8O5S2. The Labute approximate surface area is 236 Å². The number of carbonyl (C=O) groups excluding carboxylic acids is 1. The van der Waals surface area contributed by atoms with E-state index in [1.165, 1.54) is 28.6 Å². The number of nitrogens with two attached hydrogens (primary N) is 1. The van der Waals surface area contributed by atoms with E-state index in [9.17, 15) is 23.4 Å². The third-order valence-electron chi connectivity index (χ3n) is 7.60. The SMILES string of the molecule is CCCSc1nc(N(C)C2CC2c2ccc(S(N)(=O)=O)cc2)c2nnn(C3CC(C(=O)NCC)C(O)C3O)c2n1. The number of aromatic nitrogens is 5. The van der Waals surface area contributed by atoms with Crippen molar-refractivity contribution in [1.29, 1.82) is 0 Å². The number of aliphatic hydroxyl groups excluding tert-OH is 2. The number of benzene rings is 1. The van der Waals surface area contributed by atoms with E-state index in [2.05, 4.69) is 22.6 Å². The molecule has 6 atom stereocenters. The Bertz CT molecular complexity index is 1500. The van der Waals surface area contributed by atoms with Gasteiger partial charge in [-0.2, -0.15) is 0 Å². The number of fused-ring (bicyclic) bond motifs is 1. The van der Waals surface area contributed by atoms with E-state index in [1.807, 2.05) is 11.9 Å². The van der Waals surface area contributed by atoms with Gasteiger partial charge in [-0.1, -0.05) is 36.0 Å². The Balaban J connectivity index is 1.46. The first-order chi connectivity index (χ1) is 19.0. The normalized spacial score (nSPS) is 26.2. The molecule has 216 valence electrons. The molecule has 1 aromatic carbocycles. The van der Waals surface area contributed by atoms with Crippen LogP contribution >= 0.6 is 11.8 Å². The van der Waals surface area contributed by atoms with Crippen LogP contribution in [0.5, 0.6) is 0 Å². The summed E-state index contributed by atoms with van der Waals surface area (Å²) in [4.78, 5) is 24.1. The number of sulfonamides is 1. The zero-order valence-corrected chi connectivity index (χ0v) is 24.1. The van der Waals surface area contributed by atoms with Gasteiger partial charge in [0.05, 0.1) is 23.0 Å². The number of likely N-dealkylation sites (N-methyl/N-ethyl adjacent to an activating group) is 1. The highest BCUT2D eigenvalue weighted by atomic mass is 32.2. The van der Waals surface area contributed by atoms with Crippen molar-refractivity contribution in [2.24, 2.45) is 11.1 Å². The van der Waals surface area contributed by atoms with Crippen molar-refractivity contribution in [1.82, 2.24) is 30.3 Å². The van der Waals surface area contributed by atoms with E-state index in [0.29, 0.717) is 28.7 Å². The number of thioether (sulfide) groups is 1. The predicted octanol–water partition coefficient (Wildman–Crippen LogP) is 0.782. The first kappa shape index (κ1) is 28.7. The minimum absolute atomic E-state index is 0.0714. The van der Waals surface area contributed by atoms with E-state index in [4.69, 9.17) is 15.1 Å². The van der Waals surface area contributed by atoms with Crippen LogP contribution < -0.4 is 15.4 Å². The Kier molecular flexibility index (Phi) is 8.03. The highest BCUT2D eigenvalue weighted by Crippen LogP contribution is 2.46. The number of hydrogen-bond acceptors (Lipinski definition) is 11. The van der Waals surface area contributed by atoms with Crippen LogP contribution in [0.25, 0.3) is 11.2 Å². The fraction of sp³-hybridized carbons (Fsp3) is 0.560. The van der Waals surface area contributed by atoms with Crippen LogP contribution in [-0.2, 0) is 14.8 Å². The first-order valence-corrected chi connectivity index (χ1v) is 15.8. The second-order valence-electron chi connectivity index (χ2n) is 10.3. The topological polar surface area (TPSA) is 189 Å². The van der Waals surface area contributed by atoms with Crippen molar-refractivity contribution in [2.45, 2.75) is 73.4 Å². The van der Waals surface area contributed by atoms with E-state index >= 15 is 0 Å². The summed E-state index contributed by atoms with van der Waals surface area (Å²) in [7, 11) is -1.83. The van der Waals surface area contributed by atoms with Crippen LogP contribution in [0, 0.1) is 5.92 Å².